The zero-order valence-electron chi connectivity index (χ0n) is 18.4. The number of aryl methyl sites for hydroxylation is 1. The molecule has 3 aromatic rings. The summed E-state index contributed by atoms with van der Waals surface area (Å²) in [6.07, 6.45) is 1.53. The molecular formula is C25H27N3O3S. The third-order valence-corrected chi connectivity index (χ3v) is 6.70. The van der Waals surface area contributed by atoms with Crippen molar-refractivity contribution >= 4 is 27.8 Å². The molecule has 7 heteroatoms. The third-order valence-electron chi connectivity index (χ3n) is 4.91. The van der Waals surface area contributed by atoms with E-state index in [2.05, 4.69) is 24.4 Å². The van der Waals surface area contributed by atoms with Crippen molar-refractivity contribution in [1.29, 1.82) is 0 Å². The van der Waals surface area contributed by atoms with Gasteiger partial charge in [-0.15, -0.1) is 0 Å². The van der Waals surface area contributed by atoms with Gasteiger partial charge in [0.05, 0.1) is 16.8 Å². The highest BCUT2D eigenvalue weighted by atomic mass is 32.2. The van der Waals surface area contributed by atoms with Crippen LogP contribution in [0.5, 0.6) is 0 Å². The van der Waals surface area contributed by atoms with Gasteiger partial charge in [-0.3, -0.25) is 9.10 Å². The van der Waals surface area contributed by atoms with Crippen molar-refractivity contribution in [3.05, 3.63) is 95.6 Å². The number of nitrogens with zero attached hydrogens (tertiary/aromatic N) is 2. The van der Waals surface area contributed by atoms with Crippen LogP contribution in [0.2, 0.25) is 0 Å². The average molecular weight is 450 g/mol. The van der Waals surface area contributed by atoms with Gasteiger partial charge < -0.3 is 0 Å². The van der Waals surface area contributed by atoms with E-state index < -0.39 is 22.5 Å². The second kappa shape index (κ2) is 10.2. The maximum Gasteiger partial charge on any atom is 0.264 e. The molecule has 0 heterocycles. The molecule has 0 aliphatic rings. The summed E-state index contributed by atoms with van der Waals surface area (Å²) in [4.78, 5) is 12.7. The Morgan fingerprint density at radius 2 is 1.69 bits per heavy atom. The van der Waals surface area contributed by atoms with Crippen molar-refractivity contribution in [3.8, 4) is 0 Å². The number of amides is 1. The Kier molecular flexibility index (Phi) is 7.43. The van der Waals surface area contributed by atoms with Crippen molar-refractivity contribution in [1.82, 2.24) is 5.43 Å². The first-order valence-corrected chi connectivity index (χ1v) is 11.8. The molecule has 166 valence electrons. The number of hydrogen-bond donors (Lipinski definition) is 1. The molecule has 0 aliphatic heterocycles. The molecule has 0 saturated heterocycles. The largest absolute Gasteiger partial charge is 0.271 e. The zero-order valence-corrected chi connectivity index (χ0v) is 19.2. The van der Waals surface area contributed by atoms with Crippen LogP contribution in [0.4, 0.5) is 5.69 Å². The second-order valence-corrected chi connectivity index (χ2v) is 9.64. The summed E-state index contributed by atoms with van der Waals surface area (Å²) in [7, 11) is -3.94. The van der Waals surface area contributed by atoms with Gasteiger partial charge in [-0.05, 0) is 48.2 Å². The summed E-state index contributed by atoms with van der Waals surface area (Å²) >= 11 is 0. The summed E-state index contributed by atoms with van der Waals surface area (Å²) < 4.78 is 27.8. The summed E-state index contributed by atoms with van der Waals surface area (Å²) in [5.41, 5.74) is 5.83. The summed E-state index contributed by atoms with van der Waals surface area (Å²) in [5, 5.41) is 3.98. The number of benzene rings is 3. The molecule has 32 heavy (non-hydrogen) atoms. The van der Waals surface area contributed by atoms with Gasteiger partial charge in [0.1, 0.15) is 6.54 Å². The molecule has 3 rings (SSSR count). The highest BCUT2D eigenvalue weighted by Crippen LogP contribution is 2.25. The van der Waals surface area contributed by atoms with E-state index in [-0.39, 0.29) is 4.90 Å². The molecule has 0 aromatic heterocycles. The van der Waals surface area contributed by atoms with Gasteiger partial charge >= 0.3 is 0 Å². The fourth-order valence-electron chi connectivity index (χ4n) is 3.16. The average Bonchev–Trinajstić information content (AvgIpc) is 2.78. The lowest BCUT2D eigenvalue weighted by atomic mass is 10.0. The first-order valence-electron chi connectivity index (χ1n) is 10.3. The van der Waals surface area contributed by atoms with Gasteiger partial charge in [0.15, 0.2) is 0 Å². The van der Waals surface area contributed by atoms with Crippen LogP contribution in [0.3, 0.4) is 0 Å². The minimum Gasteiger partial charge on any atom is -0.271 e. The van der Waals surface area contributed by atoms with Gasteiger partial charge in [0.25, 0.3) is 15.9 Å². The van der Waals surface area contributed by atoms with E-state index in [1.165, 1.54) is 18.3 Å². The van der Waals surface area contributed by atoms with Gasteiger partial charge in [-0.1, -0.05) is 74.0 Å². The molecule has 3 aromatic carbocycles. The van der Waals surface area contributed by atoms with E-state index in [1.807, 2.05) is 43.3 Å². The quantitative estimate of drug-likeness (QED) is 0.407. The van der Waals surface area contributed by atoms with Crippen LogP contribution in [0, 0.1) is 6.92 Å². The Labute approximate surface area is 189 Å². The molecule has 0 bridgehead atoms. The van der Waals surface area contributed by atoms with E-state index >= 15 is 0 Å². The molecule has 0 atom stereocenters. The highest BCUT2D eigenvalue weighted by molar-refractivity contribution is 7.92. The van der Waals surface area contributed by atoms with Crippen LogP contribution in [0.25, 0.3) is 0 Å². The van der Waals surface area contributed by atoms with Crippen molar-refractivity contribution < 1.29 is 13.2 Å². The third kappa shape index (κ3) is 5.82. The van der Waals surface area contributed by atoms with Gasteiger partial charge in [0.2, 0.25) is 0 Å². The fourth-order valence-corrected chi connectivity index (χ4v) is 4.60. The highest BCUT2D eigenvalue weighted by Gasteiger charge is 2.27. The first-order chi connectivity index (χ1) is 15.3. The van der Waals surface area contributed by atoms with Crippen LogP contribution < -0.4 is 9.73 Å². The standard InChI is InChI=1S/C25H27N3O3S/c1-19(2)22-12-14-23(15-13-22)28(32(30,31)24-10-5-4-6-11-24)18-25(29)27-26-17-21-9-7-8-20(3)16-21/h4-17,19H,18H2,1-3H3,(H,27,29)/b26-17+. The fraction of sp³-hybridized carbons (Fsp3) is 0.200. The maximum absolute atomic E-state index is 13.3. The maximum atomic E-state index is 13.3. The predicted molar refractivity (Wildman–Crippen MR) is 128 cm³/mol. The number of hydrogen-bond acceptors (Lipinski definition) is 4. The number of hydrazone groups is 1. The predicted octanol–water partition coefficient (Wildman–Crippen LogP) is 4.46. The Morgan fingerprint density at radius 3 is 2.31 bits per heavy atom. The van der Waals surface area contributed by atoms with E-state index in [1.54, 1.807) is 30.3 Å². The minimum atomic E-state index is -3.94. The van der Waals surface area contributed by atoms with Gasteiger partial charge in [-0.2, -0.15) is 5.10 Å². The number of anilines is 1. The topological polar surface area (TPSA) is 78.8 Å². The normalized spacial score (nSPS) is 11.6. The molecule has 0 unspecified atom stereocenters. The molecule has 0 saturated carbocycles. The smallest absolute Gasteiger partial charge is 0.264 e. The molecule has 1 amide bonds. The van der Waals surface area contributed by atoms with Crippen LogP contribution in [0.15, 0.2) is 88.9 Å². The van der Waals surface area contributed by atoms with Gasteiger partial charge in [-0.25, -0.2) is 13.8 Å². The Morgan fingerprint density at radius 1 is 1.00 bits per heavy atom. The summed E-state index contributed by atoms with van der Waals surface area (Å²) in [6, 6.07) is 22.9. The lowest BCUT2D eigenvalue weighted by Gasteiger charge is -2.24. The van der Waals surface area contributed by atoms with Crippen molar-refractivity contribution in [3.63, 3.8) is 0 Å². The van der Waals surface area contributed by atoms with Crippen LogP contribution in [-0.4, -0.2) is 27.1 Å². The van der Waals surface area contributed by atoms with E-state index in [4.69, 9.17) is 0 Å². The molecule has 1 N–H and O–H groups in total. The Balaban J connectivity index is 1.84. The molecule has 0 radical (unpaired) electrons. The Hall–Kier alpha value is -3.45. The molecule has 0 aliphatic carbocycles. The monoisotopic (exact) mass is 449 g/mol. The van der Waals surface area contributed by atoms with Crippen molar-refractivity contribution in [2.24, 2.45) is 5.10 Å². The second-order valence-electron chi connectivity index (χ2n) is 7.78. The van der Waals surface area contributed by atoms with E-state index in [0.717, 1.165) is 21.0 Å². The zero-order chi connectivity index (χ0) is 23.1. The SMILES string of the molecule is Cc1cccc(/C=N/NC(=O)CN(c2ccc(C(C)C)cc2)S(=O)(=O)c2ccccc2)c1. The number of carbonyl (C=O) groups excluding carboxylic acids is 1. The minimum absolute atomic E-state index is 0.115. The van der Waals surface area contributed by atoms with Crippen LogP contribution >= 0.6 is 0 Å². The number of rotatable bonds is 8. The van der Waals surface area contributed by atoms with Crippen molar-refractivity contribution in [2.45, 2.75) is 31.6 Å². The van der Waals surface area contributed by atoms with E-state index in [0.29, 0.717) is 11.6 Å². The summed E-state index contributed by atoms with van der Waals surface area (Å²) in [5.74, 6) is -0.233. The molecular weight excluding hydrogens is 422 g/mol. The lowest BCUT2D eigenvalue weighted by molar-refractivity contribution is -0.119. The molecule has 0 spiro atoms. The van der Waals surface area contributed by atoms with Crippen molar-refractivity contribution in [2.75, 3.05) is 10.8 Å². The number of carbonyl (C=O) groups is 1. The van der Waals surface area contributed by atoms with E-state index in [9.17, 15) is 13.2 Å². The summed E-state index contributed by atoms with van der Waals surface area (Å²) in [6.45, 7) is 5.69. The molecule has 6 nitrogen and oxygen atoms in total. The van der Waals surface area contributed by atoms with Crippen LogP contribution in [0.1, 0.15) is 36.5 Å². The number of nitrogens with one attached hydrogen (secondary N) is 1. The number of sulfonamides is 1. The first kappa shape index (κ1) is 23.2. The Bertz CT molecular complexity index is 1190. The lowest BCUT2D eigenvalue weighted by Crippen LogP contribution is -2.39. The van der Waals surface area contributed by atoms with Crippen LogP contribution in [-0.2, 0) is 14.8 Å². The molecule has 0 fully saturated rings. The van der Waals surface area contributed by atoms with Gasteiger partial charge in [0, 0.05) is 0 Å².